The van der Waals surface area contributed by atoms with E-state index in [0.717, 1.165) is 43.6 Å². The van der Waals surface area contributed by atoms with E-state index in [1.54, 1.807) is 6.07 Å². The molecule has 2 aromatic rings. The predicted octanol–water partition coefficient (Wildman–Crippen LogP) is 4.68. The van der Waals surface area contributed by atoms with Crippen molar-refractivity contribution < 1.29 is 9.13 Å². The molecule has 0 amide bonds. The molecule has 4 rings (SSSR count). The Hall–Kier alpha value is -2.03. The Balaban J connectivity index is 1.44. The zero-order valence-electron chi connectivity index (χ0n) is 18.2. The van der Waals surface area contributed by atoms with Gasteiger partial charge in [0.05, 0.1) is 0 Å². The summed E-state index contributed by atoms with van der Waals surface area (Å²) in [7, 11) is 0. The third kappa shape index (κ3) is 5.47. The summed E-state index contributed by atoms with van der Waals surface area (Å²) in [5.74, 6) is 0.957. The minimum absolute atomic E-state index is 0.179. The molecular formula is C23H29ClFN5OS. The number of nitrogens with zero attached hydrogens (tertiary/aromatic N) is 3. The number of hydrogen-bond acceptors (Lipinski definition) is 5. The minimum Gasteiger partial charge on any atom is -0.381 e. The molecule has 2 N–H and O–H groups in total. The van der Waals surface area contributed by atoms with Crippen LogP contribution in [-0.4, -0.2) is 47.4 Å². The molecule has 0 spiro atoms. The van der Waals surface area contributed by atoms with E-state index >= 15 is 0 Å². The van der Waals surface area contributed by atoms with E-state index in [1.807, 2.05) is 12.1 Å². The fourth-order valence-corrected chi connectivity index (χ4v) is 4.92. The zero-order valence-corrected chi connectivity index (χ0v) is 19.8. The zero-order chi connectivity index (χ0) is 22.6. The molecule has 9 heteroatoms. The maximum Gasteiger partial charge on any atom is 0.232 e. The van der Waals surface area contributed by atoms with Gasteiger partial charge in [-0.15, -0.1) is 0 Å². The highest BCUT2D eigenvalue weighted by atomic mass is 35.5. The number of thiocarbonyl (C=S) groups is 1. The van der Waals surface area contributed by atoms with E-state index < -0.39 is 0 Å². The maximum absolute atomic E-state index is 13.5. The normalized spacial score (nSPS) is 20.6. The van der Waals surface area contributed by atoms with Gasteiger partial charge in [-0.1, -0.05) is 23.7 Å². The first-order valence-corrected chi connectivity index (χ1v) is 11.9. The fourth-order valence-electron chi connectivity index (χ4n) is 4.58. The molecule has 0 radical (unpaired) electrons. The summed E-state index contributed by atoms with van der Waals surface area (Å²) in [4.78, 5) is 11.2. The van der Waals surface area contributed by atoms with Crippen LogP contribution in [0.5, 0.6) is 0 Å². The van der Waals surface area contributed by atoms with E-state index in [1.165, 1.54) is 18.6 Å². The lowest BCUT2D eigenvalue weighted by Gasteiger charge is -2.38. The smallest absolute Gasteiger partial charge is 0.232 e. The van der Waals surface area contributed by atoms with E-state index in [-0.39, 0.29) is 11.2 Å². The summed E-state index contributed by atoms with van der Waals surface area (Å²) in [6, 6.07) is 8.93. The summed E-state index contributed by atoms with van der Waals surface area (Å²) in [5, 5.41) is 7.22. The maximum atomic E-state index is 13.5. The van der Waals surface area contributed by atoms with Gasteiger partial charge in [0.1, 0.15) is 16.8 Å². The second-order valence-corrected chi connectivity index (χ2v) is 9.41. The van der Waals surface area contributed by atoms with Gasteiger partial charge in [-0.3, -0.25) is 0 Å². The Morgan fingerprint density at radius 2 is 2.00 bits per heavy atom. The van der Waals surface area contributed by atoms with Crippen molar-refractivity contribution in [3.8, 4) is 0 Å². The molecule has 2 saturated heterocycles. The Morgan fingerprint density at radius 1 is 1.25 bits per heavy atom. The molecule has 172 valence electrons. The number of aromatic nitrogens is 2. The number of halogens is 2. The highest BCUT2D eigenvalue weighted by Gasteiger charge is 2.34. The molecule has 6 nitrogen and oxygen atoms in total. The standard InChI is InChI=1S/C23H29ClFN5OS/c1-16-4-2-3-11-30(16)20-14-19(24)27-21(28-20)29-22(32)26-15-23(9-12-31-13-10-23)17-5-7-18(25)8-6-17/h5-8,14,16H,2-4,9-13,15H2,1H3,(H2,26,27,28,29,32). The number of benzene rings is 1. The van der Waals surface area contributed by atoms with Crippen molar-refractivity contribution in [2.45, 2.75) is 50.5 Å². The SMILES string of the molecule is CC1CCCCN1c1cc(Cl)nc(NC(=S)NCC2(c3ccc(F)cc3)CCOCC2)n1. The van der Waals surface area contributed by atoms with Crippen molar-refractivity contribution in [1.82, 2.24) is 15.3 Å². The number of rotatable bonds is 5. The molecule has 0 saturated carbocycles. The molecule has 2 aliphatic rings. The van der Waals surface area contributed by atoms with E-state index in [2.05, 4.69) is 32.4 Å². The average molecular weight is 478 g/mol. The predicted molar refractivity (Wildman–Crippen MR) is 130 cm³/mol. The monoisotopic (exact) mass is 477 g/mol. The molecule has 3 heterocycles. The van der Waals surface area contributed by atoms with Crippen molar-refractivity contribution >= 4 is 40.7 Å². The van der Waals surface area contributed by atoms with Gasteiger partial charge in [-0.2, -0.15) is 4.98 Å². The van der Waals surface area contributed by atoms with Gasteiger partial charge in [0, 0.05) is 43.8 Å². The molecule has 2 aliphatic heterocycles. The highest BCUT2D eigenvalue weighted by molar-refractivity contribution is 7.80. The van der Waals surface area contributed by atoms with Crippen LogP contribution in [-0.2, 0) is 10.2 Å². The van der Waals surface area contributed by atoms with Crippen molar-refractivity contribution in [2.24, 2.45) is 0 Å². The summed E-state index contributed by atoms with van der Waals surface area (Å²) in [6.45, 7) is 5.09. The van der Waals surface area contributed by atoms with Crippen LogP contribution in [0.15, 0.2) is 30.3 Å². The first-order valence-electron chi connectivity index (χ1n) is 11.2. The number of hydrogen-bond donors (Lipinski definition) is 2. The topological polar surface area (TPSA) is 62.3 Å². The van der Waals surface area contributed by atoms with Crippen LogP contribution in [0.25, 0.3) is 0 Å². The quantitative estimate of drug-likeness (QED) is 0.478. The Bertz CT molecular complexity index is 938. The Kier molecular flexibility index (Phi) is 7.43. The molecule has 1 atom stereocenters. The largest absolute Gasteiger partial charge is 0.381 e. The average Bonchev–Trinajstić information content (AvgIpc) is 2.79. The summed E-state index contributed by atoms with van der Waals surface area (Å²) >= 11 is 11.8. The van der Waals surface area contributed by atoms with Crippen molar-refractivity contribution in [3.05, 3.63) is 46.9 Å². The van der Waals surface area contributed by atoms with Crippen LogP contribution < -0.4 is 15.5 Å². The molecule has 1 aromatic heterocycles. The molecule has 1 aromatic carbocycles. The second-order valence-electron chi connectivity index (χ2n) is 8.62. The molecule has 1 unspecified atom stereocenters. The van der Waals surface area contributed by atoms with Gasteiger partial charge in [0.25, 0.3) is 0 Å². The third-order valence-electron chi connectivity index (χ3n) is 6.50. The first-order chi connectivity index (χ1) is 15.4. The van der Waals surface area contributed by atoms with E-state index in [4.69, 9.17) is 28.6 Å². The molecular weight excluding hydrogens is 449 g/mol. The fraction of sp³-hybridized carbons (Fsp3) is 0.522. The van der Waals surface area contributed by atoms with Crippen molar-refractivity contribution in [3.63, 3.8) is 0 Å². The number of anilines is 2. The van der Waals surface area contributed by atoms with Crippen LogP contribution >= 0.6 is 23.8 Å². The lowest BCUT2D eigenvalue weighted by Crippen LogP contribution is -2.45. The van der Waals surface area contributed by atoms with Crippen LogP contribution in [0.1, 0.15) is 44.6 Å². The van der Waals surface area contributed by atoms with Gasteiger partial charge < -0.3 is 20.3 Å². The van der Waals surface area contributed by atoms with Crippen LogP contribution in [0.4, 0.5) is 16.2 Å². The molecule has 32 heavy (non-hydrogen) atoms. The number of piperidine rings is 1. The van der Waals surface area contributed by atoms with Gasteiger partial charge >= 0.3 is 0 Å². The van der Waals surface area contributed by atoms with Crippen LogP contribution in [0.2, 0.25) is 5.15 Å². The van der Waals surface area contributed by atoms with Gasteiger partial charge in [-0.25, -0.2) is 9.37 Å². The van der Waals surface area contributed by atoms with Gasteiger partial charge in [0.2, 0.25) is 5.95 Å². The second kappa shape index (κ2) is 10.3. The van der Waals surface area contributed by atoms with Gasteiger partial charge in [0.15, 0.2) is 5.11 Å². The molecule has 0 bridgehead atoms. The van der Waals surface area contributed by atoms with Gasteiger partial charge in [-0.05, 0) is 68.9 Å². The van der Waals surface area contributed by atoms with E-state index in [0.29, 0.717) is 42.0 Å². The summed E-state index contributed by atoms with van der Waals surface area (Å²) in [5.41, 5.74) is 0.902. The first kappa shape index (κ1) is 23.1. The lowest BCUT2D eigenvalue weighted by molar-refractivity contribution is 0.0515. The van der Waals surface area contributed by atoms with Crippen LogP contribution in [0.3, 0.4) is 0 Å². The number of nitrogens with one attached hydrogen (secondary N) is 2. The van der Waals surface area contributed by atoms with E-state index in [9.17, 15) is 4.39 Å². The third-order valence-corrected chi connectivity index (χ3v) is 6.94. The van der Waals surface area contributed by atoms with Crippen LogP contribution in [0, 0.1) is 5.82 Å². The summed E-state index contributed by atoms with van der Waals surface area (Å²) in [6.07, 6.45) is 5.18. The molecule has 2 fully saturated rings. The Labute approximate surface area is 198 Å². The molecule has 0 aliphatic carbocycles. The highest BCUT2D eigenvalue weighted by Crippen LogP contribution is 2.34. The van der Waals surface area contributed by atoms with Crippen molar-refractivity contribution in [2.75, 3.05) is 36.5 Å². The lowest BCUT2D eigenvalue weighted by atomic mass is 9.74. The minimum atomic E-state index is -0.238. The Morgan fingerprint density at radius 3 is 2.72 bits per heavy atom. The van der Waals surface area contributed by atoms with Crippen molar-refractivity contribution in [1.29, 1.82) is 0 Å². The summed E-state index contributed by atoms with van der Waals surface area (Å²) < 4.78 is 19.0. The number of ether oxygens (including phenoxy) is 1.